The second-order valence-electron chi connectivity index (χ2n) is 4.54. The zero-order chi connectivity index (χ0) is 14.0. The Bertz CT molecular complexity index is 549. The van der Waals surface area contributed by atoms with Crippen molar-refractivity contribution in [1.82, 2.24) is 4.90 Å². The van der Waals surface area contributed by atoms with Gasteiger partial charge in [-0.25, -0.2) is 0 Å². The molecule has 1 aromatic carbocycles. The topological polar surface area (TPSA) is 69.6 Å². The fraction of sp³-hybridized carbons (Fsp3) is 0.286. The minimum atomic E-state index is -0.547. The fourth-order valence-electron chi connectivity index (χ4n) is 1.92. The summed E-state index contributed by atoms with van der Waals surface area (Å²) in [6, 6.07) is 7.30. The number of carbonyl (C=O) groups excluding carboxylic acids is 2. The molecule has 0 aliphatic carbocycles. The van der Waals surface area contributed by atoms with Gasteiger partial charge in [-0.3, -0.25) is 14.5 Å². The zero-order valence-corrected chi connectivity index (χ0v) is 10.9. The van der Waals surface area contributed by atoms with Crippen LogP contribution in [0.5, 0.6) is 0 Å². The van der Waals surface area contributed by atoms with Gasteiger partial charge in [0.05, 0.1) is 12.6 Å². The lowest BCUT2D eigenvalue weighted by Gasteiger charge is -2.13. The number of anilines is 1. The van der Waals surface area contributed by atoms with Gasteiger partial charge < -0.3 is 10.4 Å². The lowest BCUT2D eigenvalue weighted by Crippen LogP contribution is -2.31. The molecule has 1 aliphatic rings. The molecule has 0 aromatic heterocycles. The monoisotopic (exact) mass is 260 g/mol. The number of carbonyl (C=O) groups is 2. The summed E-state index contributed by atoms with van der Waals surface area (Å²) in [6.45, 7) is 3.31. The van der Waals surface area contributed by atoms with Crippen LogP contribution in [0.25, 0.3) is 0 Å². The Morgan fingerprint density at radius 1 is 1.47 bits per heavy atom. The van der Waals surface area contributed by atoms with E-state index in [9.17, 15) is 14.7 Å². The average molecular weight is 260 g/mol. The number of imide groups is 1. The van der Waals surface area contributed by atoms with E-state index in [2.05, 4.69) is 5.32 Å². The van der Waals surface area contributed by atoms with Crippen LogP contribution in [-0.2, 0) is 9.59 Å². The number of nitrogens with one attached hydrogen (secondary N) is 1. The summed E-state index contributed by atoms with van der Waals surface area (Å²) in [7, 11) is 0. The van der Waals surface area contributed by atoms with Gasteiger partial charge in [0.25, 0.3) is 5.91 Å². The maximum Gasteiger partial charge on any atom is 0.255 e. The van der Waals surface area contributed by atoms with E-state index >= 15 is 0 Å². The molecule has 0 spiro atoms. The second kappa shape index (κ2) is 5.24. The SMILES string of the molecule is CC(=O)N1CC(Nc2cccc([C@H](C)O)c2)=CC1=O. The number of aliphatic hydroxyl groups is 1. The molecule has 2 rings (SSSR count). The summed E-state index contributed by atoms with van der Waals surface area (Å²) >= 11 is 0. The van der Waals surface area contributed by atoms with E-state index in [1.807, 2.05) is 24.3 Å². The molecule has 1 atom stereocenters. The minimum Gasteiger partial charge on any atom is -0.389 e. The number of nitrogens with zero attached hydrogens (tertiary/aromatic N) is 1. The van der Waals surface area contributed by atoms with Crippen LogP contribution >= 0.6 is 0 Å². The summed E-state index contributed by atoms with van der Waals surface area (Å²) in [5.41, 5.74) is 2.24. The molecule has 0 fully saturated rings. The van der Waals surface area contributed by atoms with Crippen molar-refractivity contribution in [2.75, 3.05) is 11.9 Å². The van der Waals surface area contributed by atoms with Crippen molar-refractivity contribution in [2.45, 2.75) is 20.0 Å². The molecule has 100 valence electrons. The number of amides is 2. The molecule has 5 nitrogen and oxygen atoms in total. The summed E-state index contributed by atoms with van der Waals surface area (Å²) in [4.78, 5) is 23.9. The largest absolute Gasteiger partial charge is 0.389 e. The van der Waals surface area contributed by atoms with E-state index in [1.54, 1.807) is 6.92 Å². The highest BCUT2D eigenvalue weighted by Gasteiger charge is 2.24. The first-order valence-corrected chi connectivity index (χ1v) is 6.05. The predicted octanol–water partition coefficient (Wildman–Crippen LogP) is 1.42. The Balaban J connectivity index is 2.11. The Kier molecular flexibility index (Phi) is 3.66. The smallest absolute Gasteiger partial charge is 0.255 e. The number of hydrogen-bond acceptors (Lipinski definition) is 4. The molecular formula is C14H16N2O3. The molecule has 0 unspecified atom stereocenters. The molecular weight excluding hydrogens is 244 g/mol. The molecule has 1 heterocycles. The Hall–Kier alpha value is -2.14. The van der Waals surface area contributed by atoms with Crippen molar-refractivity contribution in [3.05, 3.63) is 41.6 Å². The van der Waals surface area contributed by atoms with E-state index in [1.165, 1.54) is 17.9 Å². The van der Waals surface area contributed by atoms with Gasteiger partial charge in [0.1, 0.15) is 0 Å². The number of hydrogen-bond donors (Lipinski definition) is 2. The molecule has 2 amide bonds. The summed E-state index contributed by atoms with van der Waals surface area (Å²) < 4.78 is 0. The Morgan fingerprint density at radius 2 is 2.21 bits per heavy atom. The number of benzene rings is 1. The number of rotatable bonds is 3. The normalized spacial score (nSPS) is 16.3. The van der Waals surface area contributed by atoms with Crippen LogP contribution < -0.4 is 5.32 Å². The first-order valence-electron chi connectivity index (χ1n) is 6.05. The highest BCUT2D eigenvalue weighted by molar-refractivity contribution is 6.03. The molecule has 0 saturated carbocycles. The van der Waals surface area contributed by atoms with Crippen LogP contribution in [0, 0.1) is 0 Å². The van der Waals surface area contributed by atoms with Crippen LogP contribution in [-0.4, -0.2) is 28.4 Å². The first kappa shape index (κ1) is 13.3. The maximum absolute atomic E-state index is 11.5. The molecule has 0 bridgehead atoms. The van der Waals surface area contributed by atoms with Gasteiger partial charge in [-0.15, -0.1) is 0 Å². The molecule has 1 aromatic rings. The standard InChI is InChI=1S/C14H16N2O3/c1-9(17)11-4-3-5-12(6-11)15-13-7-14(19)16(8-13)10(2)18/h3-7,9,15,17H,8H2,1-2H3/t9-/m0/s1. The van der Waals surface area contributed by atoms with Crippen LogP contribution in [0.3, 0.4) is 0 Å². The molecule has 0 saturated heterocycles. The van der Waals surface area contributed by atoms with E-state index < -0.39 is 6.10 Å². The highest BCUT2D eigenvalue weighted by Crippen LogP contribution is 2.20. The van der Waals surface area contributed by atoms with Gasteiger partial charge >= 0.3 is 0 Å². The Labute approximate surface area is 111 Å². The third kappa shape index (κ3) is 3.00. The van der Waals surface area contributed by atoms with Crippen molar-refractivity contribution in [3.8, 4) is 0 Å². The predicted molar refractivity (Wildman–Crippen MR) is 71.2 cm³/mol. The number of aliphatic hydroxyl groups excluding tert-OH is 1. The first-order chi connectivity index (χ1) is 8.97. The Morgan fingerprint density at radius 3 is 2.79 bits per heavy atom. The van der Waals surface area contributed by atoms with Crippen molar-refractivity contribution < 1.29 is 14.7 Å². The lowest BCUT2D eigenvalue weighted by molar-refractivity contribution is -0.138. The summed E-state index contributed by atoms with van der Waals surface area (Å²) in [5.74, 6) is -0.572. The molecule has 0 radical (unpaired) electrons. The van der Waals surface area contributed by atoms with Crippen molar-refractivity contribution >= 4 is 17.5 Å². The van der Waals surface area contributed by atoms with Gasteiger partial charge in [0.2, 0.25) is 5.91 Å². The van der Waals surface area contributed by atoms with Gasteiger partial charge in [-0.1, -0.05) is 12.1 Å². The third-order valence-corrected chi connectivity index (χ3v) is 2.95. The van der Waals surface area contributed by atoms with Gasteiger partial charge in [0, 0.05) is 24.4 Å². The highest BCUT2D eigenvalue weighted by atomic mass is 16.3. The van der Waals surface area contributed by atoms with E-state index in [-0.39, 0.29) is 18.4 Å². The molecule has 2 N–H and O–H groups in total. The van der Waals surface area contributed by atoms with E-state index in [0.29, 0.717) is 5.70 Å². The van der Waals surface area contributed by atoms with Crippen LogP contribution in [0.15, 0.2) is 36.0 Å². The quantitative estimate of drug-likeness (QED) is 0.862. The third-order valence-electron chi connectivity index (χ3n) is 2.95. The van der Waals surface area contributed by atoms with E-state index in [0.717, 1.165) is 11.3 Å². The molecule has 5 heteroatoms. The second-order valence-corrected chi connectivity index (χ2v) is 4.54. The van der Waals surface area contributed by atoms with Crippen LogP contribution in [0.4, 0.5) is 5.69 Å². The summed E-state index contributed by atoms with van der Waals surface area (Å²) in [6.07, 6.45) is 0.867. The van der Waals surface area contributed by atoms with Crippen LogP contribution in [0.1, 0.15) is 25.5 Å². The van der Waals surface area contributed by atoms with Gasteiger partial charge in [-0.05, 0) is 24.6 Å². The van der Waals surface area contributed by atoms with Crippen LogP contribution in [0.2, 0.25) is 0 Å². The molecule has 1 aliphatic heterocycles. The van der Waals surface area contributed by atoms with Crippen molar-refractivity contribution in [2.24, 2.45) is 0 Å². The summed E-state index contributed by atoms with van der Waals surface area (Å²) in [5, 5.41) is 12.6. The molecule has 19 heavy (non-hydrogen) atoms. The minimum absolute atomic E-state index is 0.257. The van der Waals surface area contributed by atoms with E-state index in [4.69, 9.17) is 0 Å². The van der Waals surface area contributed by atoms with Crippen molar-refractivity contribution in [1.29, 1.82) is 0 Å². The fourth-order valence-corrected chi connectivity index (χ4v) is 1.92. The van der Waals surface area contributed by atoms with Crippen molar-refractivity contribution in [3.63, 3.8) is 0 Å². The lowest BCUT2D eigenvalue weighted by atomic mass is 10.1. The van der Waals surface area contributed by atoms with Gasteiger partial charge in [0.15, 0.2) is 0 Å². The maximum atomic E-state index is 11.5. The average Bonchev–Trinajstić information content (AvgIpc) is 2.70. The zero-order valence-electron chi connectivity index (χ0n) is 10.9. The van der Waals surface area contributed by atoms with Gasteiger partial charge in [-0.2, -0.15) is 0 Å².